The van der Waals surface area contributed by atoms with Crippen LogP contribution in [0.1, 0.15) is 24.4 Å². The third kappa shape index (κ3) is 4.87. The summed E-state index contributed by atoms with van der Waals surface area (Å²) in [4.78, 5) is 17.2. The first-order valence-electron chi connectivity index (χ1n) is 9.98. The number of nitrogens with zero attached hydrogens (tertiary/aromatic N) is 2. The first-order chi connectivity index (χ1) is 15.4. The molecule has 1 heterocycles. The van der Waals surface area contributed by atoms with Crippen LogP contribution in [0, 0.1) is 5.82 Å². The molecule has 8 heteroatoms. The molecule has 1 N–H and O–H groups in total. The van der Waals surface area contributed by atoms with E-state index in [2.05, 4.69) is 10.3 Å². The standard InChI is InChI=1S/C24H20Cl2FN3O2/c1-15(28-23(31)14-32-17-11-9-16(25)10-12-17)24-29-21-7-2-3-8-22(21)30(24)13-18-19(26)5-4-6-20(18)27/h2-12,15H,13-14H2,1H3,(H,28,31). The van der Waals surface area contributed by atoms with E-state index in [0.29, 0.717) is 27.2 Å². The maximum absolute atomic E-state index is 14.5. The average Bonchev–Trinajstić information content (AvgIpc) is 3.14. The molecule has 0 spiro atoms. The molecular formula is C24H20Cl2FN3O2. The van der Waals surface area contributed by atoms with E-state index in [1.165, 1.54) is 6.07 Å². The molecule has 1 unspecified atom stereocenters. The third-order valence-electron chi connectivity index (χ3n) is 5.01. The molecule has 32 heavy (non-hydrogen) atoms. The van der Waals surface area contributed by atoms with Gasteiger partial charge in [0.25, 0.3) is 5.91 Å². The Morgan fingerprint density at radius 2 is 1.84 bits per heavy atom. The summed E-state index contributed by atoms with van der Waals surface area (Å²) in [5.74, 6) is 0.424. The lowest BCUT2D eigenvalue weighted by Crippen LogP contribution is -2.32. The van der Waals surface area contributed by atoms with Crippen molar-refractivity contribution in [3.63, 3.8) is 0 Å². The molecular weight excluding hydrogens is 452 g/mol. The Hall–Kier alpha value is -3.09. The van der Waals surface area contributed by atoms with E-state index in [4.69, 9.17) is 27.9 Å². The van der Waals surface area contributed by atoms with Gasteiger partial charge in [-0.25, -0.2) is 9.37 Å². The highest BCUT2D eigenvalue weighted by Crippen LogP contribution is 2.26. The summed E-state index contributed by atoms with van der Waals surface area (Å²) in [6.45, 7) is 1.84. The zero-order valence-electron chi connectivity index (χ0n) is 17.2. The van der Waals surface area contributed by atoms with Crippen molar-refractivity contribution in [1.82, 2.24) is 14.9 Å². The molecule has 3 aromatic carbocycles. The van der Waals surface area contributed by atoms with Crippen LogP contribution in [0.2, 0.25) is 10.0 Å². The van der Waals surface area contributed by atoms with Gasteiger partial charge < -0.3 is 14.6 Å². The number of benzene rings is 3. The van der Waals surface area contributed by atoms with Crippen LogP contribution in [-0.2, 0) is 11.3 Å². The largest absolute Gasteiger partial charge is 0.484 e. The number of amides is 1. The van der Waals surface area contributed by atoms with Crippen LogP contribution < -0.4 is 10.1 Å². The van der Waals surface area contributed by atoms with Crippen LogP contribution >= 0.6 is 23.2 Å². The van der Waals surface area contributed by atoms with Crippen molar-refractivity contribution < 1.29 is 13.9 Å². The molecule has 1 atom stereocenters. The molecule has 0 radical (unpaired) electrons. The van der Waals surface area contributed by atoms with Gasteiger partial charge in [0.1, 0.15) is 17.4 Å². The number of rotatable bonds is 7. The van der Waals surface area contributed by atoms with Crippen LogP contribution in [-0.4, -0.2) is 22.1 Å². The Bertz CT molecular complexity index is 1240. The number of carbonyl (C=O) groups is 1. The number of para-hydroxylation sites is 2. The lowest BCUT2D eigenvalue weighted by atomic mass is 10.2. The summed E-state index contributed by atoms with van der Waals surface area (Å²) < 4.78 is 21.8. The van der Waals surface area contributed by atoms with Gasteiger partial charge in [-0.05, 0) is 55.5 Å². The van der Waals surface area contributed by atoms with Crippen LogP contribution in [0.25, 0.3) is 11.0 Å². The second-order valence-corrected chi connectivity index (χ2v) is 8.12. The molecule has 1 amide bonds. The second kappa shape index (κ2) is 9.59. The van der Waals surface area contributed by atoms with Crippen LogP contribution in [0.5, 0.6) is 5.75 Å². The molecule has 4 rings (SSSR count). The minimum absolute atomic E-state index is 0.161. The van der Waals surface area contributed by atoms with E-state index < -0.39 is 11.9 Å². The van der Waals surface area contributed by atoms with Crippen LogP contribution in [0.4, 0.5) is 4.39 Å². The molecule has 5 nitrogen and oxygen atoms in total. The first-order valence-corrected chi connectivity index (χ1v) is 10.7. The number of hydrogen-bond donors (Lipinski definition) is 1. The molecule has 0 saturated carbocycles. The van der Waals surface area contributed by atoms with Crippen LogP contribution in [0.3, 0.4) is 0 Å². The number of hydrogen-bond acceptors (Lipinski definition) is 3. The highest BCUT2D eigenvalue weighted by molar-refractivity contribution is 6.31. The molecule has 0 aliphatic heterocycles. The van der Waals surface area contributed by atoms with Crippen molar-refractivity contribution in [3.05, 3.63) is 94.0 Å². The lowest BCUT2D eigenvalue weighted by molar-refractivity contribution is -0.123. The number of carbonyl (C=O) groups excluding carboxylic acids is 1. The van der Waals surface area contributed by atoms with Gasteiger partial charge in [-0.3, -0.25) is 4.79 Å². The minimum Gasteiger partial charge on any atom is -0.484 e. The average molecular weight is 472 g/mol. The number of nitrogens with one attached hydrogen (secondary N) is 1. The molecule has 4 aromatic rings. The monoisotopic (exact) mass is 471 g/mol. The second-order valence-electron chi connectivity index (χ2n) is 7.28. The summed E-state index contributed by atoms with van der Waals surface area (Å²) in [5, 5.41) is 3.82. The SMILES string of the molecule is CC(NC(=O)COc1ccc(Cl)cc1)c1nc2ccccc2n1Cc1c(F)cccc1Cl. The van der Waals surface area contributed by atoms with Crippen LogP contribution in [0.15, 0.2) is 66.7 Å². The molecule has 0 bridgehead atoms. The predicted octanol–water partition coefficient (Wildman–Crippen LogP) is 5.79. The van der Waals surface area contributed by atoms with Gasteiger partial charge in [0.2, 0.25) is 0 Å². The summed E-state index contributed by atoms with van der Waals surface area (Å²) in [7, 11) is 0. The smallest absolute Gasteiger partial charge is 0.258 e. The van der Waals surface area contributed by atoms with Crippen molar-refractivity contribution in [3.8, 4) is 5.75 Å². The third-order valence-corrected chi connectivity index (χ3v) is 5.62. The maximum Gasteiger partial charge on any atom is 0.258 e. The Morgan fingerprint density at radius 1 is 1.09 bits per heavy atom. The molecule has 0 aliphatic rings. The predicted molar refractivity (Wildman–Crippen MR) is 124 cm³/mol. The van der Waals surface area contributed by atoms with Gasteiger partial charge >= 0.3 is 0 Å². The number of ether oxygens (including phenoxy) is 1. The Morgan fingerprint density at radius 3 is 2.59 bits per heavy atom. The first kappa shape index (κ1) is 22.1. The molecule has 1 aromatic heterocycles. The minimum atomic E-state index is -0.450. The van der Waals surface area contributed by atoms with Crippen molar-refractivity contribution in [2.75, 3.05) is 6.61 Å². The van der Waals surface area contributed by atoms with Gasteiger partial charge in [-0.15, -0.1) is 0 Å². The quantitative estimate of drug-likeness (QED) is 0.371. The van der Waals surface area contributed by atoms with Gasteiger partial charge in [-0.2, -0.15) is 0 Å². The summed E-state index contributed by atoms with van der Waals surface area (Å²) >= 11 is 12.1. The fourth-order valence-corrected chi connectivity index (χ4v) is 3.81. The van der Waals surface area contributed by atoms with Crippen molar-refractivity contribution in [2.24, 2.45) is 0 Å². The summed E-state index contributed by atoms with van der Waals surface area (Å²) in [5.41, 5.74) is 1.93. The summed E-state index contributed by atoms with van der Waals surface area (Å²) in [6, 6.07) is 18.4. The Labute approximate surface area is 194 Å². The molecule has 0 saturated heterocycles. The Balaban J connectivity index is 1.55. The number of imidazole rings is 1. The number of halogens is 3. The summed E-state index contributed by atoms with van der Waals surface area (Å²) in [6.07, 6.45) is 0. The van der Waals surface area contributed by atoms with Crippen molar-refractivity contribution in [2.45, 2.75) is 19.5 Å². The topological polar surface area (TPSA) is 56.1 Å². The number of fused-ring (bicyclic) bond motifs is 1. The molecule has 0 aliphatic carbocycles. The highest BCUT2D eigenvalue weighted by Gasteiger charge is 2.20. The fraction of sp³-hybridized carbons (Fsp3) is 0.167. The van der Waals surface area contributed by atoms with E-state index in [-0.39, 0.29) is 19.1 Å². The Kier molecular flexibility index (Phi) is 6.63. The van der Waals surface area contributed by atoms with Crippen molar-refractivity contribution >= 4 is 40.1 Å². The van der Waals surface area contributed by atoms with Gasteiger partial charge in [0, 0.05) is 15.6 Å². The fourth-order valence-electron chi connectivity index (χ4n) is 3.46. The van der Waals surface area contributed by atoms with E-state index >= 15 is 0 Å². The van der Waals surface area contributed by atoms with Crippen molar-refractivity contribution in [1.29, 1.82) is 0 Å². The molecule has 0 fully saturated rings. The lowest BCUT2D eigenvalue weighted by Gasteiger charge is -2.17. The van der Waals surface area contributed by atoms with E-state index in [0.717, 1.165) is 11.0 Å². The number of aromatic nitrogens is 2. The maximum atomic E-state index is 14.5. The van der Waals surface area contributed by atoms with Gasteiger partial charge in [0.05, 0.1) is 23.6 Å². The normalized spacial score (nSPS) is 12.0. The van der Waals surface area contributed by atoms with E-state index in [9.17, 15) is 9.18 Å². The van der Waals surface area contributed by atoms with Gasteiger partial charge in [0.15, 0.2) is 6.61 Å². The van der Waals surface area contributed by atoms with E-state index in [1.54, 1.807) is 36.4 Å². The highest BCUT2D eigenvalue weighted by atomic mass is 35.5. The zero-order chi connectivity index (χ0) is 22.7. The van der Waals surface area contributed by atoms with Gasteiger partial charge in [-0.1, -0.05) is 41.4 Å². The zero-order valence-corrected chi connectivity index (χ0v) is 18.7. The molecule has 164 valence electrons. The van der Waals surface area contributed by atoms with E-state index in [1.807, 2.05) is 35.8 Å².